The number of imide groups is 1. The summed E-state index contributed by atoms with van der Waals surface area (Å²) in [6, 6.07) is 11.8. The zero-order valence-corrected chi connectivity index (χ0v) is 24.1. The van der Waals surface area contributed by atoms with Gasteiger partial charge in [-0.25, -0.2) is 9.18 Å². The maximum absolute atomic E-state index is 14.7. The van der Waals surface area contributed by atoms with Crippen LogP contribution in [0.4, 0.5) is 9.18 Å². The lowest BCUT2D eigenvalue weighted by Gasteiger charge is -2.31. The molecule has 1 aromatic heterocycles. The van der Waals surface area contributed by atoms with Crippen LogP contribution in [0, 0.1) is 5.82 Å². The number of benzene rings is 2. The largest absolute Gasteiger partial charge is 0.483 e. The molecule has 3 aromatic rings. The molecule has 2 aromatic carbocycles. The van der Waals surface area contributed by atoms with Gasteiger partial charge in [0, 0.05) is 12.0 Å². The predicted octanol–water partition coefficient (Wildman–Crippen LogP) is 4.46. The van der Waals surface area contributed by atoms with E-state index in [1.54, 1.807) is 11.8 Å². The Hall–Kier alpha value is -3.65. The summed E-state index contributed by atoms with van der Waals surface area (Å²) in [7, 11) is 0. The summed E-state index contributed by atoms with van der Waals surface area (Å²) in [5, 5.41) is 26.3. The Morgan fingerprint density at radius 2 is 1.88 bits per heavy atom. The third-order valence-corrected chi connectivity index (χ3v) is 8.59. The highest BCUT2D eigenvalue weighted by Gasteiger charge is 2.64. The fourth-order valence-electron chi connectivity index (χ4n) is 5.16. The summed E-state index contributed by atoms with van der Waals surface area (Å²) in [5.41, 5.74) is 0.465. The first-order chi connectivity index (χ1) is 20.2. The Balaban J connectivity index is 0.00000113. The molecular formula is C28H28ClFN4O7S. The molecule has 1 spiro atoms. The van der Waals surface area contributed by atoms with Crippen molar-refractivity contribution in [2.45, 2.75) is 69.7 Å². The van der Waals surface area contributed by atoms with Crippen molar-refractivity contribution >= 4 is 41.3 Å². The molecule has 3 fully saturated rings. The van der Waals surface area contributed by atoms with Crippen molar-refractivity contribution in [2.24, 2.45) is 0 Å². The van der Waals surface area contributed by atoms with Crippen molar-refractivity contribution in [3.05, 3.63) is 63.9 Å². The van der Waals surface area contributed by atoms with E-state index in [-0.39, 0.29) is 54.8 Å². The number of hydrogen-bond acceptors (Lipinski definition) is 9. The Bertz CT molecular complexity index is 1460. The summed E-state index contributed by atoms with van der Waals surface area (Å²) in [6.07, 6.45) is 0.175. The van der Waals surface area contributed by atoms with E-state index in [0.717, 1.165) is 5.56 Å². The fraction of sp³-hybridized carbons (Fsp3) is 0.393. The van der Waals surface area contributed by atoms with Gasteiger partial charge in [0.15, 0.2) is 11.6 Å². The molecule has 14 heteroatoms. The number of ether oxygens (including phenoxy) is 2. The maximum Gasteiger partial charge on any atom is 0.328 e. The number of carboxylic acid groups (broad SMARTS) is 1. The third-order valence-electron chi connectivity index (χ3n) is 7.27. The second kappa shape index (κ2) is 12.3. The van der Waals surface area contributed by atoms with E-state index in [2.05, 4.69) is 10.2 Å². The van der Waals surface area contributed by atoms with Crippen molar-refractivity contribution < 1.29 is 38.5 Å². The first-order valence-electron chi connectivity index (χ1n) is 13.2. The van der Waals surface area contributed by atoms with Crippen LogP contribution in [0.25, 0.3) is 10.6 Å². The number of hydrogen-bond donors (Lipinski definition) is 2. The molecule has 1 aliphatic carbocycles. The molecule has 2 saturated heterocycles. The number of carbonyl (C=O) groups is 3. The standard InChI is InChI=1S/C27H26ClFN4O5S.CH2O2/c1-15-11-17(34)12-21(37-15)38-23-19(29)8-7-18(22(23)28)24-31-30-20(39-24)14-33-26(36)32(25(35)27(33)9-10-27)13-16-5-3-2-4-6-16;2-1-3/h2-8,15,17,21,34H,9-14H2,1H3;1H,(H,2,3). The molecule has 1 saturated carbocycles. The van der Waals surface area contributed by atoms with Crippen LogP contribution < -0.4 is 4.74 Å². The average Bonchev–Trinajstić information content (AvgIpc) is 3.59. The van der Waals surface area contributed by atoms with Gasteiger partial charge in [-0.05, 0) is 43.9 Å². The van der Waals surface area contributed by atoms with E-state index in [9.17, 15) is 19.1 Å². The van der Waals surface area contributed by atoms with Crippen molar-refractivity contribution in [1.29, 1.82) is 0 Å². The van der Waals surface area contributed by atoms with Gasteiger partial charge in [0.25, 0.3) is 12.4 Å². The Morgan fingerprint density at radius 3 is 2.55 bits per heavy atom. The Morgan fingerprint density at radius 1 is 1.17 bits per heavy atom. The number of amides is 3. The van der Waals surface area contributed by atoms with Crippen molar-refractivity contribution in [3.8, 4) is 16.3 Å². The van der Waals surface area contributed by atoms with E-state index >= 15 is 0 Å². The van der Waals surface area contributed by atoms with Crippen LogP contribution in [0.2, 0.25) is 5.02 Å². The van der Waals surface area contributed by atoms with Crippen LogP contribution in [0.3, 0.4) is 0 Å². The average molecular weight is 619 g/mol. The summed E-state index contributed by atoms with van der Waals surface area (Å²) < 4.78 is 26.1. The van der Waals surface area contributed by atoms with E-state index in [1.807, 2.05) is 30.3 Å². The zero-order valence-electron chi connectivity index (χ0n) is 22.5. The molecule has 0 bridgehead atoms. The SMILES string of the molecule is CC1CC(O)CC(Oc2c(F)ccc(-c3nnc(CN4C(=O)N(Cc5ccccc5)C(=O)C45CC5)s3)c2Cl)O1.O=CO. The van der Waals surface area contributed by atoms with Gasteiger partial charge < -0.3 is 24.6 Å². The van der Waals surface area contributed by atoms with E-state index in [0.29, 0.717) is 34.8 Å². The topological polar surface area (TPSA) is 142 Å². The molecule has 3 atom stereocenters. The minimum Gasteiger partial charge on any atom is -0.483 e. The highest BCUT2D eigenvalue weighted by molar-refractivity contribution is 7.14. The first-order valence-corrected chi connectivity index (χ1v) is 14.4. The third kappa shape index (κ3) is 5.95. The van der Waals surface area contributed by atoms with Crippen LogP contribution in [0.5, 0.6) is 5.75 Å². The molecular weight excluding hydrogens is 591 g/mol. The molecule has 2 N–H and O–H groups in total. The summed E-state index contributed by atoms with van der Waals surface area (Å²) in [4.78, 5) is 37.7. The molecule has 2 aliphatic heterocycles. The van der Waals surface area contributed by atoms with Gasteiger partial charge >= 0.3 is 6.03 Å². The molecule has 42 heavy (non-hydrogen) atoms. The van der Waals surface area contributed by atoms with E-state index < -0.39 is 23.8 Å². The van der Waals surface area contributed by atoms with Crippen molar-refractivity contribution in [2.75, 3.05) is 0 Å². The molecule has 0 radical (unpaired) electrons. The summed E-state index contributed by atoms with van der Waals surface area (Å²) in [6.45, 7) is 1.90. The maximum atomic E-state index is 14.7. The number of rotatable bonds is 7. The molecule has 3 amide bonds. The van der Waals surface area contributed by atoms with Gasteiger partial charge in [0.1, 0.15) is 15.6 Å². The molecule has 3 heterocycles. The summed E-state index contributed by atoms with van der Waals surface area (Å²) in [5.74, 6) is -1.04. The van der Waals surface area contributed by atoms with Gasteiger partial charge in [-0.1, -0.05) is 53.3 Å². The lowest BCUT2D eigenvalue weighted by Crippen LogP contribution is -2.37. The molecule has 222 valence electrons. The van der Waals surface area contributed by atoms with Gasteiger partial charge in [0.05, 0.1) is 30.3 Å². The van der Waals surface area contributed by atoms with E-state index in [1.165, 1.54) is 28.4 Å². The molecule has 11 nitrogen and oxygen atoms in total. The monoisotopic (exact) mass is 618 g/mol. The predicted molar refractivity (Wildman–Crippen MR) is 149 cm³/mol. The number of halogens is 2. The van der Waals surface area contributed by atoms with Gasteiger partial charge in [-0.3, -0.25) is 14.5 Å². The first kappa shape index (κ1) is 29.8. The van der Waals surface area contributed by atoms with Crippen LogP contribution in [-0.4, -0.2) is 72.7 Å². The van der Waals surface area contributed by atoms with Gasteiger partial charge in [0.2, 0.25) is 6.29 Å². The second-order valence-electron chi connectivity index (χ2n) is 10.2. The molecule has 3 unspecified atom stereocenters. The minimum atomic E-state index is -0.844. The lowest BCUT2D eigenvalue weighted by atomic mass is 10.1. The number of nitrogens with zero attached hydrogens (tertiary/aromatic N) is 4. The van der Waals surface area contributed by atoms with E-state index in [4.69, 9.17) is 31.0 Å². The Kier molecular flexibility index (Phi) is 8.73. The van der Waals surface area contributed by atoms with Crippen molar-refractivity contribution in [3.63, 3.8) is 0 Å². The van der Waals surface area contributed by atoms with Crippen LogP contribution in [-0.2, 0) is 27.4 Å². The number of urea groups is 1. The quantitative estimate of drug-likeness (QED) is 0.290. The van der Waals surface area contributed by atoms with Crippen LogP contribution >= 0.6 is 22.9 Å². The summed E-state index contributed by atoms with van der Waals surface area (Å²) >= 11 is 7.76. The lowest BCUT2D eigenvalue weighted by molar-refractivity contribution is -0.170. The van der Waals surface area contributed by atoms with Gasteiger partial charge in [-0.15, -0.1) is 10.2 Å². The fourth-order valence-corrected chi connectivity index (χ4v) is 6.36. The highest BCUT2D eigenvalue weighted by atomic mass is 35.5. The van der Waals surface area contributed by atoms with Crippen LogP contribution in [0.15, 0.2) is 42.5 Å². The zero-order chi connectivity index (χ0) is 30.0. The molecule has 3 aliphatic rings. The second-order valence-corrected chi connectivity index (χ2v) is 11.7. The highest BCUT2D eigenvalue weighted by Crippen LogP contribution is 2.49. The number of aromatic nitrogens is 2. The smallest absolute Gasteiger partial charge is 0.328 e. The minimum absolute atomic E-state index is 0.00847. The number of carbonyl (C=O) groups excluding carboxylic acids is 2. The number of aliphatic hydroxyl groups excluding tert-OH is 1. The van der Waals surface area contributed by atoms with Crippen molar-refractivity contribution in [1.82, 2.24) is 20.0 Å². The van der Waals surface area contributed by atoms with Crippen LogP contribution in [0.1, 0.15) is 43.2 Å². The van der Waals surface area contributed by atoms with Gasteiger partial charge in [-0.2, -0.15) is 0 Å². The number of aliphatic hydroxyl groups is 1. The normalized spacial score (nSPS) is 22.6. The Labute approximate surface area is 249 Å². The molecule has 6 rings (SSSR count).